The molecule has 0 N–H and O–H groups in total. The Morgan fingerprint density at radius 1 is 1.31 bits per heavy atom. The molecule has 0 aromatic carbocycles. The van der Waals surface area contributed by atoms with Crippen LogP contribution in [-0.4, -0.2) is 6.49 Å². The average Bonchev–Trinajstić information content (AvgIpc) is 2.15. The highest BCUT2D eigenvalue weighted by Gasteiger charge is 2.25. The topological polar surface area (TPSA) is 22.0 Å². The predicted molar refractivity (Wildman–Crippen MR) is 61.9 cm³/mol. The van der Waals surface area contributed by atoms with Crippen molar-refractivity contribution in [1.29, 1.82) is 0 Å². The average molecular weight is 319 g/mol. The lowest BCUT2D eigenvalue weighted by Gasteiger charge is -2.07. The van der Waals surface area contributed by atoms with Crippen LogP contribution < -0.4 is 5.56 Å². The van der Waals surface area contributed by atoms with Gasteiger partial charge in [-0.3, -0.25) is 4.79 Å². The van der Waals surface area contributed by atoms with Gasteiger partial charge < -0.3 is 0 Å². The highest BCUT2D eigenvalue weighted by atomic mass is 35.6. The Labute approximate surface area is 107 Å². The summed E-state index contributed by atoms with van der Waals surface area (Å²) in [5.74, 6) is 0. The van der Waals surface area contributed by atoms with Crippen LogP contribution in [0.25, 0.3) is 0 Å². The minimum atomic E-state index is -1.61. The van der Waals surface area contributed by atoms with E-state index in [4.69, 9.17) is 58.0 Å². The smallest absolute Gasteiger partial charge is 0.266 e. The molecule has 2 nitrogen and oxygen atoms in total. The van der Waals surface area contributed by atoms with Gasteiger partial charge in [-0.25, -0.2) is 0 Å². The molecule has 0 amide bonds. The second-order valence-electron chi connectivity index (χ2n) is 1.78. The quantitative estimate of drug-likeness (QED) is 0.729. The lowest BCUT2D eigenvalue weighted by molar-refractivity contribution is 1.32. The summed E-state index contributed by atoms with van der Waals surface area (Å²) in [5.41, 5.74) is -0.479. The summed E-state index contributed by atoms with van der Waals surface area (Å²) in [7, 11) is 0. The molecule has 0 fully saturated rings. The van der Waals surface area contributed by atoms with Gasteiger partial charge in [0.15, 0.2) is 0 Å². The van der Waals surface area contributed by atoms with Crippen molar-refractivity contribution in [2.45, 2.75) is 3.12 Å². The zero-order chi connectivity index (χ0) is 10.2. The van der Waals surface area contributed by atoms with Crippen LogP contribution in [0, 0.1) is 0 Å². The summed E-state index contributed by atoms with van der Waals surface area (Å²) in [5, 5.41) is -0.0617. The Kier molecular flexibility index (Phi) is 4.15. The van der Waals surface area contributed by atoms with Gasteiger partial charge >= 0.3 is 0 Å². The lowest BCUT2D eigenvalue weighted by atomic mass is 10.7. The number of halogens is 5. The molecule has 74 valence electrons. The van der Waals surface area contributed by atoms with Gasteiger partial charge in [-0.15, -0.1) is 0 Å². The first-order valence-corrected chi connectivity index (χ1v) is 6.08. The Balaban J connectivity index is 3.04. The Bertz CT molecular complexity index is 366. The molecule has 0 atom stereocenters. The fraction of sp³-hybridized carbons (Fsp3) is 0.250. The van der Waals surface area contributed by atoms with Crippen LogP contribution in [0.1, 0.15) is 0 Å². The summed E-state index contributed by atoms with van der Waals surface area (Å²) in [6.45, 7) is 0. The second kappa shape index (κ2) is 4.39. The monoisotopic (exact) mass is 317 g/mol. The fourth-order valence-corrected chi connectivity index (χ4v) is 3.72. The van der Waals surface area contributed by atoms with E-state index < -0.39 is 8.68 Å². The Morgan fingerprint density at radius 3 is 2.15 bits per heavy atom. The van der Waals surface area contributed by atoms with E-state index in [1.165, 1.54) is 0 Å². The molecule has 0 aliphatic carbocycles. The molecule has 1 aromatic rings. The number of hydrogen-bond acceptors (Lipinski definition) is 3. The standard InChI is InChI=1S/C4Cl5NOS2/c5-1-2(6)12-10(3(1)11)13-4(7,8)9. The summed E-state index contributed by atoms with van der Waals surface area (Å²) >= 11 is 29.1. The molecule has 0 radical (unpaired) electrons. The molecule has 0 aliphatic heterocycles. The van der Waals surface area contributed by atoms with Crippen LogP contribution in [0.2, 0.25) is 9.36 Å². The first-order chi connectivity index (χ1) is 5.81. The van der Waals surface area contributed by atoms with E-state index in [1.54, 1.807) is 0 Å². The van der Waals surface area contributed by atoms with Crippen molar-refractivity contribution in [3.63, 3.8) is 0 Å². The summed E-state index contributed by atoms with van der Waals surface area (Å²) in [4.78, 5) is 11.2. The summed E-state index contributed by atoms with van der Waals surface area (Å²) in [6, 6.07) is 0. The van der Waals surface area contributed by atoms with E-state index in [0.29, 0.717) is 11.9 Å². The van der Waals surface area contributed by atoms with Gasteiger partial charge in [0.25, 0.3) is 8.68 Å². The number of aromatic nitrogens is 1. The number of hydrogen-bond donors (Lipinski definition) is 0. The third-order valence-corrected chi connectivity index (χ3v) is 4.13. The van der Waals surface area contributed by atoms with Crippen LogP contribution in [0.3, 0.4) is 0 Å². The molecule has 1 aromatic heterocycles. The van der Waals surface area contributed by atoms with Gasteiger partial charge in [0, 0.05) is 11.9 Å². The molecule has 13 heavy (non-hydrogen) atoms. The molecular weight excluding hydrogens is 319 g/mol. The summed E-state index contributed by atoms with van der Waals surface area (Å²) in [6.07, 6.45) is 0. The highest BCUT2D eigenvalue weighted by molar-refractivity contribution is 8.04. The maximum atomic E-state index is 11.2. The third-order valence-electron chi connectivity index (χ3n) is 0.876. The van der Waals surface area contributed by atoms with Crippen molar-refractivity contribution in [1.82, 2.24) is 3.36 Å². The number of nitrogens with zero attached hydrogens (tertiary/aromatic N) is 1. The van der Waals surface area contributed by atoms with Gasteiger partial charge in [-0.2, -0.15) is 3.36 Å². The van der Waals surface area contributed by atoms with Crippen LogP contribution in [0.15, 0.2) is 4.79 Å². The molecule has 9 heteroatoms. The van der Waals surface area contributed by atoms with Crippen LogP contribution in [0.4, 0.5) is 0 Å². The van der Waals surface area contributed by atoms with Gasteiger partial charge in [0.05, 0.1) is 0 Å². The lowest BCUT2D eigenvalue weighted by Crippen LogP contribution is -2.11. The minimum Gasteiger partial charge on any atom is -0.266 e. The first kappa shape index (κ1) is 12.3. The van der Waals surface area contributed by atoms with Crippen molar-refractivity contribution >= 4 is 81.5 Å². The largest absolute Gasteiger partial charge is 0.291 e. The fourth-order valence-electron chi connectivity index (χ4n) is 0.473. The van der Waals surface area contributed by atoms with Crippen molar-refractivity contribution < 1.29 is 0 Å². The van der Waals surface area contributed by atoms with E-state index in [9.17, 15) is 4.79 Å². The molecule has 0 saturated heterocycles. The normalized spacial score (nSPS) is 12.1. The van der Waals surface area contributed by atoms with Crippen molar-refractivity contribution in [2.75, 3.05) is 0 Å². The van der Waals surface area contributed by atoms with Crippen molar-refractivity contribution in [2.24, 2.45) is 0 Å². The van der Waals surface area contributed by atoms with Gasteiger partial charge in [0.2, 0.25) is 0 Å². The van der Waals surface area contributed by atoms with E-state index in [0.717, 1.165) is 14.9 Å². The molecule has 1 heterocycles. The van der Waals surface area contributed by atoms with Gasteiger partial charge in [-0.1, -0.05) is 58.0 Å². The zero-order valence-electron chi connectivity index (χ0n) is 5.56. The zero-order valence-corrected chi connectivity index (χ0v) is 11.0. The molecule has 0 bridgehead atoms. The Hall–Kier alpha value is 1.23. The van der Waals surface area contributed by atoms with Crippen LogP contribution >= 0.6 is 81.5 Å². The van der Waals surface area contributed by atoms with E-state index in [2.05, 4.69) is 0 Å². The van der Waals surface area contributed by atoms with E-state index in [1.807, 2.05) is 0 Å². The van der Waals surface area contributed by atoms with Gasteiger partial charge in [-0.05, 0) is 11.5 Å². The molecule has 0 spiro atoms. The second-order valence-corrected chi connectivity index (χ2v) is 8.06. The Morgan fingerprint density at radius 2 is 1.85 bits per heavy atom. The van der Waals surface area contributed by atoms with Crippen LogP contribution in [-0.2, 0) is 0 Å². The molecule has 0 unspecified atom stereocenters. The first-order valence-electron chi connectivity index (χ1n) is 2.65. The highest BCUT2D eigenvalue weighted by Crippen LogP contribution is 2.41. The maximum Gasteiger partial charge on any atom is 0.291 e. The maximum absolute atomic E-state index is 11.2. The third kappa shape index (κ3) is 3.38. The predicted octanol–water partition coefficient (Wildman–Crippen LogP) is 4.04. The van der Waals surface area contributed by atoms with E-state index >= 15 is 0 Å². The molecule has 0 saturated carbocycles. The van der Waals surface area contributed by atoms with E-state index in [-0.39, 0.29) is 9.36 Å². The minimum absolute atomic E-state index is 0.0617. The SMILES string of the molecule is O=c1c(Cl)c(Cl)sn1SC(Cl)(Cl)Cl. The number of rotatable bonds is 1. The number of alkyl halides is 3. The van der Waals surface area contributed by atoms with Gasteiger partial charge in [0.1, 0.15) is 9.36 Å². The van der Waals surface area contributed by atoms with Crippen molar-refractivity contribution in [3.8, 4) is 0 Å². The molecule has 0 aliphatic rings. The van der Waals surface area contributed by atoms with Crippen molar-refractivity contribution in [3.05, 3.63) is 19.7 Å². The summed E-state index contributed by atoms with van der Waals surface area (Å²) < 4.78 is -0.327. The molecular formula is C4Cl5NOS2. The van der Waals surface area contributed by atoms with Crippen LogP contribution in [0.5, 0.6) is 0 Å². The molecule has 1 rings (SSSR count).